The number of hydrogen-bond acceptors (Lipinski definition) is 3. The molecule has 0 saturated heterocycles. The number of carbonyl (C=O) groups is 2. The van der Waals surface area contributed by atoms with Crippen LogP contribution in [0, 0.1) is 0 Å². The molecule has 1 unspecified atom stereocenters. The molecule has 2 aromatic rings. The minimum Gasteiger partial charge on any atom is -0.484 e. The molecule has 0 saturated carbocycles. The SMILES string of the molecule is CCNC(=O)C(C)N(Cc1ccc(Cl)cc1Cl)C(=O)COc1ccc(Cl)cc1. The molecule has 0 aliphatic heterocycles. The van der Waals surface area contributed by atoms with Gasteiger partial charge in [-0.25, -0.2) is 0 Å². The van der Waals surface area contributed by atoms with Crippen molar-refractivity contribution in [3.8, 4) is 5.75 Å². The van der Waals surface area contributed by atoms with Crippen LogP contribution in [0.2, 0.25) is 15.1 Å². The number of nitrogens with zero attached hydrogens (tertiary/aromatic N) is 1. The maximum atomic E-state index is 12.8. The lowest BCUT2D eigenvalue weighted by Gasteiger charge is -2.29. The van der Waals surface area contributed by atoms with Crippen molar-refractivity contribution in [1.82, 2.24) is 10.2 Å². The lowest BCUT2D eigenvalue weighted by atomic mass is 10.1. The maximum absolute atomic E-state index is 12.8. The number of likely N-dealkylation sites (N-methyl/N-ethyl adjacent to an activating group) is 1. The van der Waals surface area contributed by atoms with Gasteiger partial charge in [0.1, 0.15) is 11.8 Å². The van der Waals surface area contributed by atoms with Crippen molar-refractivity contribution in [2.45, 2.75) is 26.4 Å². The van der Waals surface area contributed by atoms with E-state index in [4.69, 9.17) is 39.5 Å². The zero-order valence-electron chi connectivity index (χ0n) is 15.5. The first-order chi connectivity index (χ1) is 13.3. The molecule has 0 radical (unpaired) electrons. The summed E-state index contributed by atoms with van der Waals surface area (Å²) in [5, 5.41) is 4.22. The third-order valence-corrected chi connectivity index (χ3v) is 4.89. The summed E-state index contributed by atoms with van der Waals surface area (Å²) in [5.41, 5.74) is 0.682. The molecule has 150 valence electrons. The van der Waals surface area contributed by atoms with Gasteiger partial charge < -0.3 is 15.0 Å². The predicted molar refractivity (Wildman–Crippen MR) is 112 cm³/mol. The molecule has 0 aliphatic carbocycles. The van der Waals surface area contributed by atoms with Gasteiger partial charge in [0.25, 0.3) is 5.91 Å². The van der Waals surface area contributed by atoms with Crippen molar-refractivity contribution in [2.75, 3.05) is 13.2 Å². The number of rotatable bonds is 8. The molecule has 8 heteroatoms. The Morgan fingerprint density at radius 1 is 1.07 bits per heavy atom. The van der Waals surface area contributed by atoms with Crippen LogP contribution >= 0.6 is 34.8 Å². The van der Waals surface area contributed by atoms with Crippen molar-refractivity contribution < 1.29 is 14.3 Å². The molecule has 0 spiro atoms. The Bertz CT molecular complexity index is 828. The van der Waals surface area contributed by atoms with Crippen LogP contribution in [-0.2, 0) is 16.1 Å². The van der Waals surface area contributed by atoms with Crippen LogP contribution in [0.15, 0.2) is 42.5 Å². The van der Waals surface area contributed by atoms with Gasteiger partial charge in [0.15, 0.2) is 6.61 Å². The number of hydrogen-bond donors (Lipinski definition) is 1. The number of halogens is 3. The molecule has 1 N–H and O–H groups in total. The summed E-state index contributed by atoms with van der Waals surface area (Å²) in [5.74, 6) is -0.0972. The molecule has 2 aromatic carbocycles. The largest absolute Gasteiger partial charge is 0.484 e. The van der Waals surface area contributed by atoms with Gasteiger partial charge in [0, 0.05) is 28.2 Å². The summed E-state index contributed by atoms with van der Waals surface area (Å²) in [7, 11) is 0. The summed E-state index contributed by atoms with van der Waals surface area (Å²) in [4.78, 5) is 26.6. The number of nitrogens with one attached hydrogen (secondary N) is 1. The zero-order chi connectivity index (χ0) is 20.7. The van der Waals surface area contributed by atoms with E-state index < -0.39 is 6.04 Å². The van der Waals surface area contributed by atoms with Gasteiger partial charge in [-0.1, -0.05) is 40.9 Å². The lowest BCUT2D eigenvalue weighted by molar-refractivity contribution is -0.142. The molecule has 0 aliphatic rings. The third kappa shape index (κ3) is 6.30. The Balaban J connectivity index is 2.17. The Kier molecular flexibility index (Phi) is 8.42. The van der Waals surface area contributed by atoms with Crippen molar-refractivity contribution in [3.63, 3.8) is 0 Å². The number of ether oxygens (including phenoxy) is 1. The normalized spacial score (nSPS) is 11.6. The van der Waals surface area contributed by atoms with Gasteiger partial charge in [-0.3, -0.25) is 9.59 Å². The van der Waals surface area contributed by atoms with E-state index in [0.717, 1.165) is 0 Å². The van der Waals surface area contributed by atoms with Gasteiger partial charge >= 0.3 is 0 Å². The Morgan fingerprint density at radius 2 is 1.71 bits per heavy atom. The quantitative estimate of drug-likeness (QED) is 0.650. The summed E-state index contributed by atoms with van der Waals surface area (Å²) in [6, 6.07) is 11.0. The second-order valence-corrected chi connectivity index (χ2v) is 7.35. The number of carbonyl (C=O) groups excluding carboxylic acids is 2. The summed E-state index contributed by atoms with van der Waals surface area (Å²) in [6.07, 6.45) is 0. The molecule has 0 aromatic heterocycles. The van der Waals surface area contributed by atoms with Crippen LogP contribution in [0.1, 0.15) is 19.4 Å². The molecular formula is C20H21Cl3N2O3. The van der Waals surface area contributed by atoms with E-state index in [1.165, 1.54) is 4.90 Å². The fourth-order valence-corrected chi connectivity index (χ4v) is 3.09. The Morgan fingerprint density at radius 3 is 2.32 bits per heavy atom. The number of benzene rings is 2. The minimum absolute atomic E-state index is 0.150. The van der Waals surface area contributed by atoms with E-state index in [-0.39, 0.29) is 25.0 Å². The fourth-order valence-electron chi connectivity index (χ4n) is 2.50. The first-order valence-electron chi connectivity index (χ1n) is 8.71. The zero-order valence-corrected chi connectivity index (χ0v) is 17.8. The van der Waals surface area contributed by atoms with Crippen LogP contribution in [0.5, 0.6) is 5.75 Å². The molecule has 0 fully saturated rings. The van der Waals surface area contributed by atoms with E-state index in [9.17, 15) is 9.59 Å². The van der Waals surface area contributed by atoms with Gasteiger partial charge in [-0.15, -0.1) is 0 Å². The highest BCUT2D eigenvalue weighted by molar-refractivity contribution is 6.35. The average molecular weight is 444 g/mol. The first-order valence-corrected chi connectivity index (χ1v) is 9.84. The highest BCUT2D eigenvalue weighted by atomic mass is 35.5. The van der Waals surface area contributed by atoms with Crippen LogP contribution < -0.4 is 10.1 Å². The van der Waals surface area contributed by atoms with Gasteiger partial charge in [0.2, 0.25) is 5.91 Å². The van der Waals surface area contributed by atoms with Gasteiger partial charge in [-0.05, 0) is 55.8 Å². The smallest absolute Gasteiger partial charge is 0.261 e. The van der Waals surface area contributed by atoms with Crippen LogP contribution in [0.3, 0.4) is 0 Å². The molecule has 5 nitrogen and oxygen atoms in total. The van der Waals surface area contributed by atoms with Crippen LogP contribution in [-0.4, -0.2) is 35.9 Å². The summed E-state index contributed by atoms with van der Waals surface area (Å²) in [6.45, 7) is 3.87. The molecular weight excluding hydrogens is 423 g/mol. The second kappa shape index (κ2) is 10.6. The van der Waals surface area contributed by atoms with E-state index in [0.29, 0.717) is 32.9 Å². The molecule has 2 amide bonds. The minimum atomic E-state index is -0.701. The fraction of sp³-hybridized carbons (Fsp3) is 0.300. The monoisotopic (exact) mass is 442 g/mol. The maximum Gasteiger partial charge on any atom is 0.261 e. The standard InChI is InChI=1S/C20H21Cl3N2O3/c1-3-24-20(27)13(2)25(11-14-4-5-16(22)10-18(14)23)19(26)12-28-17-8-6-15(21)7-9-17/h4-10,13H,3,11-12H2,1-2H3,(H,24,27). The summed E-state index contributed by atoms with van der Waals surface area (Å²) >= 11 is 18.0. The topological polar surface area (TPSA) is 58.6 Å². The van der Waals surface area contributed by atoms with Crippen molar-refractivity contribution >= 4 is 46.6 Å². The van der Waals surface area contributed by atoms with Crippen molar-refractivity contribution in [1.29, 1.82) is 0 Å². The van der Waals surface area contributed by atoms with Crippen molar-refractivity contribution in [3.05, 3.63) is 63.1 Å². The van der Waals surface area contributed by atoms with Gasteiger partial charge in [-0.2, -0.15) is 0 Å². The van der Waals surface area contributed by atoms with Crippen LogP contribution in [0.4, 0.5) is 0 Å². The molecule has 28 heavy (non-hydrogen) atoms. The Labute approximate surface area is 179 Å². The lowest BCUT2D eigenvalue weighted by Crippen LogP contribution is -2.49. The third-order valence-electron chi connectivity index (χ3n) is 4.05. The van der Waals surface area contributed by atoms with Crippen LogP contribution in [0.25, 0.3) is 0 Å². The summed E-state index contributed by atoms with van der Waals surface area (Å²) < 4.78 is 5.55. The van der Waals surface area contributed by atoms with E-state index in [1.54, 1.807) is 49.4 Å². The average Bonchev–Trinajstić information content (AvgIpc) is 2.66. The van der Waals surface area contributed by atoms with E-state index in [1.807, 2.05) is 6.92 Å². The predicted octanol–water partition coefficient (Wildman–Crippen LogP) is 4.58. The Hall–Kier alpha value is -1.95. The van der Waals surface area contributed by atoms with E-state index >= 15 is 0 Å². The van der Waals surface area contributed by atoms with Gasteiger partial charge in [0.05, 0.1) is 0 Å². The molecule has 0 heterocycles. The second-order valence-electron chi connectivity index (χ2n) is 6.07. The molecule has 1 atom stereocenters. The number of amides is 2. The van der Waals surface area contributed by atoms with Crippen molar-refractivity contribution in [2.24, 2.45) is 0 Å². The molecule has 0 bridgehead atoms. The first kappa shape index (κ1) is 22.3. The van der Waals surface area contributed by atoms with E-state index in [2.05, 4.69) is 5.32 Å². The molecule has 2 rings (SSSR count). The highest BCUT2D eigenvalue weighted by Gasteiger charge is 2.26. The highest BCUT2D eigenvalue weighted by Crippen LogP contribution is 2.23.